The van der Waals surface area contributed by atoms with Crippen molar-refractivity contribution < 1.29 is 9.84 Å². The molecule has 0 atom stereocenters. The number of benzene rings is 1. The van der Waals surface area contributed by atoms with Gasteiger partial charge >= 0.3 is 0 Å². The molecule has 0 amide bonds. The molecule has 0 bridgehead atoms. The van der Waals surface area contributed by atoms with E-state index >= 15 is 0 Å². The molecule has 0 saturated carbocycles. The summed E-state index contributed by atoms with van der Waals surface area (Å²) in [4.78, 5) is 0. The van der Waals surface area contributed by atoms with Crippen LogP contribution in [0.3, 0.4) is 0 Å². The summed E-state index contributed by atoms with van der Waals surface area (Å²) in [6.07, 6.45) is 6.72. The molecule has 2 rings (SSSR count). The van der Waals surface area contributed by atoms with Gasteiger partial charge in [-0.05, 0) is 48.6 Å². The van der Waals surface area contributed by atoms with Crippen molar-refractivity contribution in [2.75, 3.05) is 6.61 Å². The zero-order valence-corrected chi connectivity index (χ0v) is 8.07. The molecule has 74 valence electrons. The molecule has 1 aromatic carbocycles. The molecular weight excluding hydrogens is 176 g/mol. The van der Waals surface area contributed by atoms with Gasteiger partial charge in [0.1, 0.15) is 5.75 Å². The van der Waals surface area contributed by atoms with Gasteiger partial charge in [0.25, 0.3) is 0 Å². The minimum atomic E-state index is 0.0188. The van der Waals surface area contributed by atoms with E-state index in [4.69, 9.17) is 9.84 Å². The molecule has 2 heteroatoms. The monoisotopic (exact) mass is 190 g/mol. The summed E-state index contributed by atoms with van der Waals surface area (Å²) < 4.78 is 5.33. The van der Waals surface area contributed by atoms with Crippen LogP contribution >= 0.6 is 0 Å². The lowest BCUT2D eigenvalue weighted by Crippen LogP contribution is -1.87. The number of aliphatic hydroxyl groups is 1. The average Bonchev–Trinajstić information content (AvgIpc) is 2.65. The first-order chi connectivity index (χ1) is 6.90. The quantitative estimate of drug-likeness (QED) is 0.739. The zero-order valence-electron chi connectivity index (χ0n) is 8.07. The molecule has 0 aromatic heterocycles. The Morgan fingerprint density at radius 1 is 1.29 bits per heavy atom. The molecular formula is C12H14O2. The summed E-state index contributed by atoms with van der Waals surface area (Å²) in [5.74, 6) is 0.857. The van der Waals surface area contributed by atoms with E-state index in [-0.39, 0.29) is 6.61 Å². The molecule has 1 aliphatic carbocycles. The lowest BCUT2D eigenvalue weighted by Gasteiger charge is -2.03. The first kappa shape index (κ1) is 9.28. The van der Waals surface area contributed by atoms with Gasteiger partial charge in [-0.25, -0.2) is 0 Å². The van der Waals surface area contributed by atoms with E-state index in [0.717, 1.165) is 12.2 Å². The minimum absolute atomic E-state index is 0.0188. The number of aryl methyl sites for hydroxylation is 2. The summed E-state index contributed by atoms with van der Waals surface area (Å²) in [7, 11) is 0. The summed E-state index contributed by atoms with van der Waals surface area (Å²) in [5.41, 5.74) is 2.85. The van der Waals surface area contributed by atoms with Gasteiger partial charge in [-0.3, -0.25) is 0 Å². The third kappa shape index (κ3) is 1.96. The maximum absolute atomic E-state index is 8.53. The molecule has 0 spiro atoms. The Labute approximate surface area is 83.8 Å². The van der Waals surface area contributed by atoms with Gasteiger partial charge in [-0.2, -0.15) is 0 Å². The largest absolute Gasteiger partial charge is 0.465 e. The third-order valence-electron chi connectivity index (χ3n) is 2.48. The lowest BCUT2D eigenvalue weighted by atomic mass is 10.1. The molecule has 2 nitrogen and oxygen atoms in total. The standard InChI is InChI=1S/C12H14O2/c13-7-2-8-14-12-6-5-10-3-1-4-11(10)9-12/h2,5-6,8-9,13H,1,3-4,7H2. The molecule has 14 heavy (non-hydrogen) atoms. The van der Waals surface area contributed by atoms with Gasteiger partial charge in [0, 0.05) is 0 Å². The van der Waals surface area contributed by atoms with Gasteiger partial charge < -0.3 is 9.84 Å². The van der Waals surface area contributed by atoms with E-state index < -0.39 is 0 Å². The van der Waals surface area contributed by atoms with E-state index in [2.05, 4.69) is 12.1 Å². The Hall–Kier alpha value is -1.28. The van der Waals surface area contributed by atoms with Crippen LogP contribution in [0.5, 0.6) is 5.75 Å². The number of rotatable bonds is 3. The number of ether oxygens (including phenoxy) is 1. The predicted octanol–water partition coefficient (Wildman–Crippen LogP) is 2.06. The molecule has 0 saturated heterocycles. The normalized spacial score (nSPS) is 14.6. The number of fused-ring (bicyclic) bond motifs is 1. The van der Waals surface area contributed by atoms with E-state index in [1.807, 2.05) is 6.07 Å². The van der Waals surface area contributed by atoms with E-state index in [0.29, 0.717) is 0 Å². The highest BCUT2D eigenvalue weighted by Gasteiger charge is 2.10. The molecule has 1 aromatic rings. The second-order valence-corrected chi connectivity index (χ2v) is 3.46. The topological polar surface area (TPSA) is 29.5 Å². The zero-order chi connectivity index (χ0) is 9.80. The van der Waals surface area contributed by atoms with E-state index in [9.17, 15) is 0 Å². The van der Waals surface area contributed by atoms with Crippen molar-refractivity contribution in [1.29, 1.82) is 0 Å². The van der Waals surface area contributed by atoms with Crippen molar-refractivity contribution in [2.45, 2.75) is 19.3 Å². The Bertz CT molecular complexity index is 342. The molecule has 0 heterocycles. The van der Waals surface area contributed by atoms with Gasteiger partial charge in [0.15, 0.2) is 0 Å². The van der Waals surface area contributed by atoms with Crippen molar-refractivity contribution in [3.8, 4) is 5.75 Å². The molecule has 1 aliphatic rings. The van der Waals surface area contributed by atoms with Crippen molar-refractivity contribution in [3.63, 3.8) is 0 Å². The Kier molecular flexibility index (Phi) is 2.84. The van der Waals surface area contributed by atoms with Crippen molar-refractivity contribution in [1.82, 2.24) is 0 Å². The molecule has 0 unspecified atom stereocenters. The van der Waals surface area contributed by atoms with Crippen LogP contribution in [0, 0.1) is 0 Å². The van der Waals surface area contributed by atoms with Crippen molar-refractivity contribution in [2.24, 2.45) is 0 Å². The highest BCUT2D eigenvalue weighted by Crippen LogP contribution is 2.25. The van der Waals surface area contributed by atoms with Crippen LogP contribution in [0.2, 0.25) is 0 Å². The first-order valence-electron chi connectivity index (χ1n) is 4.94. The SMILES string of the molecule is OCC=COc1ccc2c(c1)CCC2. The first-order valence-corrected chi connectivity index (χ1v) is 4.94. The maximum atomic E-state index is 8.53. The van der Waals surface area contributed by atoms with Crippen molar-refractivity contribution in [3.05, 3.63) is 41.7 Å². The van der Waals surface area contributed by atoms with Crippen LogP contribution in [-0.4, -0.2) is 11.7 Å². The second-order valence-electron chi connectivity index (χ2n) is 3.46. The van der Waals surface area contributed by atoms with Crippen LogP contribution in [-0.2, 0) is 12.8 Å². The Balaban J connectivity index is 2.09. The van der Waals surface area contributed by atoms with Crippen LogP contribution < -0.4 is 4.74 Å². The van der Waals surface area contributed by atoms with Gasteiger partial charge in [-0.1, -0.05) is 6.07 Å². The van der Waals surface area contributed by atoms with Crippen LogP contribution in [0.25, 0.3) is 0 Å². The fourth-order valence-corrected chi connectivity index (χ4v) is 1.79. The third-order valence-corrected chi connectivity index (χ3v) is 2.48. The summed E-state index contributed by atoms with van der Waals surface area (Å²) in [5, 5.41) is 8.53. The van der Waals surface area contributed by atoms with Crippen LogP contribution in [0.15, 0.2) is 30.5 Å². The highest BCUT2D eigenvalue weighted by atomic mass is 16.5. The Morgan fingerprint density at radius 3 is 3.00 bits per heavy atom. The number of aliphatic hydroxyl groups excluding tert-OH is 1. The van der Waals surface area contributed by atoms with E-state index in [1.165, 1.54) is 30.2 Å². The minimum Gasteiger partial charge on any atom is -0.465 e. The smallest absolute Gasteiger partial charge is 0.126 e. The highest BCUT2D eigenvalue weighted by molar-refractivity contribution is 5.38. The van der Waals surface area contributed by atoms with Crippen LogP contribution in [0.4, 0.5) is 0 Å². The lowest BCUT2D eigenvalue weighted by molar-refractivity contribution is 0.338. The predicted molar refractivity (Wildman–Crippen MR) is 55.3 cm³/mol. The number of hydrogen-bond acceptors (Lipinski definition) is 2. The van der Waals surface area contributed by atoms with E-state index in [1.54, 1.807) is 6.08 Å². The fraction of sp³-hybridized carbons (Fsp3) is 0.333. The summed E-state index contributed by atoms with van der Waals surface area (Å²) in [6, 6.07) is 6.19. The average molecular weight is 190 g/mol. The second kappa shape index (κ2) is 4.29. The number of hydrogen-bond donors (Lipinski definition) is 1. The molecule has 0 aliphatic heterocycles. The molecule has 0 fully saturated rings. The van der Waals surface area contributed by atoms with Crippen LogP contribution in [0.1, 0.15) is 17.5 Å². The summed E-state index contributed by atoms with van der Waals surface area (Å²) >= 11 is 0. The Morgan fingerprint density at radius 2 is 2.14 bits per heavy atom. The summed E-state index contributed by atoms with van der Waals surface area (Å²) in [6.45, 7) is 0.0188. The molecule has 0 radical (unpaired) electrons. The maximum Gasteiger partial charge on any atom is 0.126 e. The van der Waals surface area contributed by atoms with Gasteiger partial charge in [0.2, 0.25) is 0 Å². The fourth-order valence-electron chi connectivity index (χ4n) is 1.79. The molecule has 1 N–H and O–H groups in total. The van der Waals surface area contributed by atoms with Gasteiger partial charge in [0.05, 0.1) is 12.9 Å². The van der Waals surface area contributed by atoms with Gasteiger partial charge in [-0.15, -0.1) is 0 Å². The van der Waals surface area contributed by atoms with Crippen molar-refractivity contribution >= 4 is 0 Å².